The molecule has 130 valence electrons. The van der Waals surface area contributed by atoms with Gasteiger partial charge >= 0.3 is 0 Å². The number of benzene rings is 2. The van der Waals surface area contributed by atoms with Crippen LogP contribution < -0.4 is 10.2 Å². The summed E-state index contributed by atoms with van der Waals surface area (Å²) in [5, 5.41) is 3.24. The van der Waals surface area contributed by atoms with Gasteiger partial charge in [0.1, 0.15) is 0 Å². The Bertz CT molecular complexity index is 732. The Morgan fingerprint density at radius 3 is 2.48 bits per heavy atom. The molecular weight excluding hydrogens is 308 g/mol. The van der Waals surface area contributed by atoms with Crippen molar-refractivity contribution in [3.05, 3.63) is 65.2 Å². The van der Waals surface area contributed by atoms with Crippen molar-refractivity contribution in [3.8, 4) is 0 Å². The minimum Gasteiger partial charge on any atom is -0.372 e. The third-order valence-corrected chi connectivity index (χ3v) is 5.53. The first-order chi connectivity index (χ1) is 12.3. The molecule has 2 aromatic rings. The summed E-state index contributed by atoms with van der Waals surface area (Å²) < 4.78 is 0. The van der Waals surface area contributed by atoms with Gasteiger partial charge in [0.25, 0.3) is 5.91 Å². The van der Waals surface area contributed by atoms with E-state index >= 15 is 0 Å². The monoisotopic (exact) mass is 334 g/mol. The maximum atomic E-state index is 12.7. The molecule has 1 amide bonds. The lowest BCUT2D eigenvalue weighted by atomic mass is 9.87. The summed E-state index contributed by atoms with van der Waals surface area (Å²) in [5.41, 5.74) is 4.65. The first-order valence-electron chi connectivity index (χ1n) is 9.55. The molecule has 3 nitrogen and oxygen atoms in total. The van der Waals surface area contributed by atoms with E-state index < -0.39 is 0 Å². The molecule has 0 spiro atoms. The fourth-order valence-electron chi connectivity index (χ4n) is 4.12. The molecule has 1 N–H and O–H groups in total. The highest BCUT2D eigenvalue weighted by Gasteiger charge is 2.22. The number of hydrogen-bond acceptors (Lipinski definition) is 2. The number of carbonyl (C=O) groups excluding carboxylic acids is 1. The number of nitrogens with zero attached hydrogens (tertiary/aromatic N) is 1. The summed E-state index contributed by atoms with van der Waals surface area (Å²) in [6.45, 7) is 2.26. The molecule has 0 radical (unpaired) electrons. The van der Waals surface area contributed by atoms with Crippen LogP contribution in [-0.4, -0.2) is 19.0 Å². The van der Waals surface area contributed by atoms with Crippen molar-refractivity contribution >= 4 is 11.6 Å². The van der Waals surface area contributed by atoms with Crippen molar-refractivity contribution in [2.24, 2.45) is 0 Å². The van der Waals surface area contributed by atoms with Crippen molar-refractivity contribution in [2.75, 3.05) is 18.0 Å². The van der Waals surface area contributed by atoms with E-state index in [0.717, 1.165) is 37.9 Å². The minimum absolute atomic E-state index is 0.0342. The largest absolute Gasteiger partial charge is 0.372 e. The summed E-state index contributed by atoms with van der Waals surface area (Å²) in [6.07, 6.45) is 7.14. The quantitative estimate of drug-likeness (QED) is 0.897. The molecule has 1 fully saturated rings. The van der Waals surface area contributed by atoms with Crippen molar-refractivity contribution in [1.29, 1.82) is 0 Å². The van der Waals surface area contributed by atoms with Gasteiger partial charge in [-0.2, -0.15) is 0 Å². The zero-order valence-corrected chi connectivity index (χ0v) is 14.7. The van der Waals surface area contributed by atoms with E-state index in [2.05, 4.69) is 46.6 Å². The second kappa shape index (κ2) is 7.30. The number of amides is 1. The van der Waals surface area contributed by atoms with Crippen LogP contribution in [0.4, 0.5) is 5.69 Å². The topological polar surface area (TPSA) is 32.3 Å². The molecule has 0 bridgehead atoms. The first-order valence-corrected chi connectivity index (χ1v) is 9.55. The Labute approximate surface area is 150 Å². The van der Waals surface area contributed by atoms with Crippen molar-refractivity contribution in [3.63, 3.8) is 0 Å². The van der Waals surface area contributed by atoms with Crippen LogP contribution in [-0.2, 0) is 6.42 Å². The molecule has 0 saturated carbocycles. The summed E-state index contributed by atoms with van der Waals surface area (Å²) in [5.74, 6) is 0.0342. The van der Waals surface area contributed by atoms with Crippen LogP contribution in [0.5, 0.6) is 0 Å². The van der Waals surface area contributed by atoms with E-state index in [9.17, 15) is 4.79 Å². The van der Waals surface area contributed by atoms with Crippen LogP contribution in [0, 0.1) is 0 Å². The normalized spacial score (nSPS) is 20.0. The molecule has 0 aromatic heterocycles. The molecule has 1 heterocycles. The Morgan fingerprint density at radius 2 is 1.68 bits per heavy atom. The highest BCUT2D eigenvalue weighted by Crippen LogP contribution is 2.29. The lowest BCUT2D eigenvalue weighted by molar-refractivity contribution is 0.0933. The van der Waals surface area contributed by atoms with Gasteiger partial charge in [-0.3, -0.25) is 4.79 Å². The van der Waals surface area contributed by atoms with Crippen LogP contribution in [0.2, 0.25) is 0 Å². The number of fused-ring (bicyclic) bond motifs is 1. The second-order valence-corrected chi connectivity index (χ2v) is 7.21. The van der Waals surface area contributed by atoms with Crippen LogP contribution in [0.1, 0.15) is 59.6 Å². The maximum Gasteiger partial charge on any atom is 0.251 e. The maximum absolute atomic E-state index is 12.7. The minimum atomic E-state index is 0.0342. The van der Waals surface area contributed by atoms with Gasteiger partial charge in [-0.05, 0) is 73.9 Å². The summed E-state index contributed by atoms with van der Waals surface area (Å²) in [7, 11) is 0. The second-order valence-electron chi connectivity index (χ2n) is 7.21. The van der Waals surface area contributed by atoms with E-state index in [1.54, 1.807) is 0 Å². The fourth-order valence-corrected chi connectivity index (χ4v) is 4.12. The lowest BCUT2D eigenvalue weighted by Gasteiger charge is -2.29. The Hall–Kier alpha value is -2.29. The molecule has 4 rings (SSSR count). The van der Waals surface area contributed by atoms with E-state index in [1.807, 2.05) is 12.1 Å². The number of aryl methyl sites for hydroxylation is 1. The standard InChI is InChI=1S/C22H26N2O/c25-22(23-21-10-6-8-17-7-2-3-9-20(17)21)18-11-13-19(14-12-18)24-15-4-1-5-16-24/h2-3,7,9,11-14,21H,1,4-6,8,10,15-16H2,(H,23,25)/t21-/m1/s1. The predicted octanol–water partition coefficient (Wildman–Crippen LogP) is 4.48. The van der Waals surface area contributed by atoms with Crippen LogP contribution >= 0.6 is 0 Å². The molecule has 1 aliphatic carbocycles. The van der Waals surface area contributed by atoms with Crippen LogP contribution in [0.25, 0.3) is 0 Å². The number of hydrogen-bond donors (Lipinski definition) is 1. The smallest absolute Gasteiger partial charge is 0.251 e. The fraction of sp³-hybridized carbons (Fsp3) is 0.409. The van der Waals surface area contributed by atoms with E-state index in [-0.39, 0.29) is 11.9 Å². The molecule has 2 aromatic carbocycles. The molecule has 0 unspecified atom stereocenters. The highest BCUT2D eigenvalue weighted by molar-refractivity contribution is 5.94. The average Bonchev–Trinajstić information content (AvgIpc) is 2.69. The zero-order chi connectivity index (χ0) is 17.1. The number of anilines is 1. The number of piperidine rings is 1. The SMILES string of the molecule is O=C(N[C@@H]1CCCc2ccccc21)c1ccc(N2CCCCC2)cc1. The van der Waals surface area contributed by atoms with Gasteiger partial charge in [-0.15, -0.1) is 0 Å². The Kier molecular flexibility index (Phi) is 4.73. The Morgan fingerprint density at radius 1 is 0.920 bits per heavy atom. The Balaban J connectivity index is 1.45. The van der Waals surface area contributed by atoms with Gasteiger partial charge in [0.2, 0.25) is 0 Å². The van der Waals surface area contributed by atoms with Gasteiger partial charge in [0.05, 0.1) is 6.04 Å². The third-order valence-electron chi connectivity index (χ3n) is 5.53. The molecule has 1 atom stereocenters. The zero-order valence-electron chi connectivity index (χ0n) is 14.7. The molecule has 1 saturated heterocycles. The molecule has 1 aliphatic heterocycles. The van der Waals surface area contributed by atoms with Crippen molar-refractivity contribution in [2.45, 2.75) is 44.6 Å². The van der Waals surface area contributed by atoms with Crippen molar-refractivity contribution in [1.82, 2.24) is 5.32 Å². The predicted molar refractivity (Wildman–Crippen MR) is 102 cm³/mol. The number of rotatable bonds is 3. The highest BCUT2D eigenvalue weighted by atomic mass is 16.1. The molecule has 2 aliphatic rings. The van der Waals surface area contributed by atoms with E-state index in [4.69, 9.17) is 0 Å². The van der Waals surface area contributed by atoms with Crippen molar-refractivity contribution < 1.29 is 4.79 Å². The number of carbonyl (C=O) groups is 1. The summed E-state index contributed by atoms with van der Waals surface area (Å²) in [6, 6.07) is 16.7. The summed E-state index contributed by atoms with van der Waals surface area (Å²) >= 11 is 0. The first kappa shape index (κ1) is 16.2. The average molecular weight is 334 g/mol. The van der Waals surface area contributed by atoms with Gasteiger partial charge in [0.15, 0.2) is 0 Å². The van der Waals surface area contributed by atoms with Crippen LogP contribution in [0.15, 0.2) is 48.5 Å². The van der Waals surface area contributed by atoms with Gasteiger partial charge < -0.3 is 10.2 Å². The van der Waals surface area contributed by atoms with E-state index in [1.165, 1.54) is 36.1 Å². The van der Waals surface area contributed by atoms with Gasteiger partial charge in [0, 0.05) is 24.3 Å². The lowest BCUT2D eigenvalue weighted by Crippen LogP contribution is -2.31. The van der Waals surface area contributed by atoms with Gasteiger partial charge in [-0.25, -0.2) is 0 Å². The molecule has 25 heavy (non-hydrogen) atoms. The molecular formula is C22H26N2O. The summed E-state index contributed by atoms with van der Waals surface area (Å²) in [4.78, 5) is 15.1. The van der Waals surface area contributed by atoms with E-state index in [0.29, 0.717) is 0 Å². The van der Waals surface area contributed by atoms with Gasteiger partial charge in [-0.1, -0.05) is 24.3 Å². The molecule has 3 heteroatoms. The van der Waals surface area contributed by atoms with Crippen LogP contribution in [0.3, 0.4) is 0 Å². The third kappa shape index (κ3) is 3.55. The number of nitrogens with one attached hydrogen (secondary N) is 1.